The van der Waals surface area contributed by atoms with Crippen LogP contribution in [0.3, 0.4) is 0 Å². The van der Waals surface area contributed by atoms with Gasteiger partial charge in [0.15, 0.2) is 5.96 Å². The van der Waals surface area contributed by atoms with E-state index in [2.05, 4.69) is 20.2 Å². The largest absolute Gasteiger partial charge is 0.450 e. The lowest BCUT2D eigenvalue weighted by Crippen LogP contribution is -2.53. The molecule has 1 N–H and O–H groups in total. The van der Waals surface area contributed by atoms with Gasteiger partial charge < -0.3 is 24.4 Å². The maximum atomic E-state index is 14.6. The lowest BCUT2D eigenvalue weighted by molar-refractivity contribution is 0.0914. The molecule has 30 heavy (non-hydrogen) atoms. The third-order valence-corrected chi connectivity index (χ3v) is 4.87. The van der Waals surface area contributed by atoms with Crippen LogP contribution in [0.25, 0.3) is 5.69 Å². The number of benzene rings is 1. The number of amides is 1. The Labute approximate surface area is 193 Å². The highest BCUT2D eigenvalue weighted by molar-refractivity contribution is 14.0. The van der Waals surface area contributed by atoms with E-state index in [1.165, 1.54) is 6.07 Å². The molecule has 164 valence electrons. The zero-order valence-corrected chi connectivity index (χ0v) is 19.8. The van der Waals surface area contributed by atoms with Gasteiger partial charge in [-0.05, 0) is 31.5 Å². The van der Waals surface area contributed by atoms with Gasteiger partial charge in [-0.25, -0.2) is 14.2 Å². The van der Waals surface area contributed by atoms with Gasteiger partial charge in [-0.1, -0.05) is 6.07 Å². The van der Waals surface area contributed by atoms with Crippen molar-refractivity contribution in [1.82, 2.24) is 24.7 Å². The monoisotopic (exact) mass is 530 g/mol. The van der Waals surface area contributed by atoms with E-state index in [1.54, 1.807) is 41.9 Å². The Hall–Kier alpha value is -2.37. The number of imidazole rings is 1. The van der Waals surface area contributed by atoms with E-state index >= 15 is 0 Å². The summed E-state index contributed by atoms with van der Waals surface area (Å²) >= 11 is 0. The summed E-state index contributed by atoms with van der Waals surface area (Å²) < 4.78 is 21.3. The first-order chi connectivity index (χ1) is 14.0. The van der Waals surface area contributed by atoms with Crippen molar-refractivity contribution in [3.63, 3.8) is 0 Å². The van der Waals surface area contributed by atoms with Crippen LogP contribution >= 0.6 is 24.0 Å². The maximum Gasteiger partial charge on any atom is 0.409 e. The summed E-state index contributed by atoms with van der Waals surface area (Å²) in [6.07, 6.45) is 3.11. The van der Waals surface area contributed by atoms with E-state index in [-0.39, 0.29) is 35.9 Å². The van der Waals surface area contributed by atoms with E-state index in [0.717, 1.165) is 17.3 Å². The summed E-state index contributed by atoms with van der Waals surface area (Å²) in [5, 5.41) is 3.27. The molecule has 1 saturated heterocycles. The number of hydrogen-bond donors (Lipinski definition) is 1. The zero-order chi connectivity index (χ0) is 20.8. The van der Waals surface area contributed by atoms with Crippen molar-refractivity contribution in [2.75, 3.05) is 39.8 Å². The van der Waals surface area contributed by atoms with Crippen LogP contribution in [0.5, 0.6) is 0 Å². The molecule has 8 nitrogen and oxygen atoms in total. The van der Waals surface area contributed by atoms with Crippen molar-refractivity contribution in [3.05, 3.63) is 47.8 Å². The highest BCUT2D eigenvalue weighted by Gasteiger charge is 2.23. The first-order valence-electron chi connectivity index (χ1n) is 9.69. The van der Waals surface area contributed by atoms with E-state index in [4.69, 9.17) is 4.74 Å². The molecule has 0 unspecified atom stereocenters. The molecular weight excluding hydrogens is 502 g/mol. The molecule has 10 heteroatoms. The number of aliphatic imine (C=N–C) groups is 1. The number of nitrogens with one attached hydrogen (secondary N) is 1. The normalized spacial score (nSPS) is 14.3. The molecule has 0 saturated carbocycles. The van der Waals surface area contributed by atoms with Crippen LogP contribution in [-0.2, 0) is 11.3 Å². The Morgan fingerprint density at radius 2 is 1.97 bits per heavy atom. The molecule has 0 atom stereocenters. The molecule has 1 aliphatic heterocycles. The van der Waals surface area contributed by atoms with Crippen molar-refractivity contribution in [3.8, 4) is 5.69 Å². The zero-order valence-electron chi connectivity index (χ0n) is 17.5. The van der Waals surface area contributed by atoms with Crippen molar-refractivity contribution in [2.24, 2.45) is 4.99 Å². The fraction of sp³-hybridized carbons (Fsp3) is 0.450. The standard InChI is InChI=1S/C20H27FN6O2.HI/c1-4-29-20(28)26-11-9-25(10-12-26)19(22-3)24-14-16-5-6-18(17(21)13-16)27-8-7-23-15(27)2;/h5-8,13H,4,9-12,14H2,1-3H3,(H,22,24);1H. The van der Waals surface area contributed by atoms with Crippen LogP contribution in [-0.4, -0.2) is 71.2 Å². The molecule has 2 aromatic rings. The number of nitrogens with zero attached hydrogens (tertiary/aromatic N) is 5. The second-order valence-electron chi connectivity index (χ2n) is 6.70. The lowest BCUT2D eigenvalue weighted by Gasteiger charge is -2.35. The summed E-state index contributed by atoms with van der Waals surface area (Å²) in [6, 6.07) is 5.16. The molecule has 2 heterocycles. The van der Waals surface area contributed by atoms with Crippen LogP contribution in [0.1, 0.15) is 18.3 Å². The molecule has 0 radical (unpaired) electrons. The lowest BCUT2D eigenvalue weighted by atomic mass is 10.2. The number of ether oxygens (including phenoxy) is 1. The van der Waals surface area contributed by atoms with Gasteiger partial charge in [-0.2, -0.15) is 0 Å². The fourth-order valence-electron chi connectivity index (χ4n) is 3.32. The fourth-order valence-corrected chi connectivity index (χ4v) is 3.32. The number of halogens is 2. The topological polar surface area (TPSA) is 75.0 Å². The molecule has 0 bridgehead atoms. The van der Waals surface area contributed by atoms with Crippen LogP contribution in [0.4, 0.5) is 9.18 Å². The molecule has 1 fully saturated rings. The summed E-state index contributed by atoms with van der Waals surface area (Å²) in [6.45, 7) is 6.92. The molecular formula is C20H28FIN6O2. The Balaban J connectivity index is 0.00000320. The van der Waals surface area contributed by atoms with Gasteiger partial charge in [0.05, 0.1) is 12.3 Å². The quantitative estimate of drug-likeness (QED) is 0.374. The highest BCUT2D eigenvalue weighted by atomic mass is 127. The van der Waals surface area contributed by atoms with E-state index in [0.29, 0.717) is 45.0 Å². The number of hydrogen-bond acceptors (Lipinski definition) is 4. The predicted molar refractivity (Wildman–Crippen MR) is 124 cm³/mol. The molecule has 1 amide bonds. The van der Waals surface area contributed by atoms with E-state index in [1.807, 2.05) is 13.0 Å². The predicted octanol–water partition coefficient (Wildman–Crippen LogP) is 2.79. The van der Waals surface area contributed by atoms with Gasteiger partial charge in [0.2, 0.25) is 0 Å². The maximum absolute atomic E-state index is 14.6. The molecule has 1 aromatic heterocycles. The molecule has 3 rings (SSSR count). The van der Waals surface area contributed by atoms with Gasteiger partial charge in [-0.15, -0.1) is 24.0 Å². The average Bonchev–Trinajstić information content (AvgIpc) is 3.15. The van der Waals surface area contributed by atoms with Crippen LogP contribution in [0.15, 0.2) is 35.6 Å². The smallest absolute Gasteiger partial charge is 0.409 e. The second-order valence-corrected chi connectivity index (χ2v) is 6.70. The number of carbonyl (C=O) groups is 1. The van der Waals surface area contributed by atoms with Gasteiger partial charge in [0, 0.05) is 52.2 Å². The number of carbonyl (C=O) groups excluding carboxylic acids is 1. The summed E-state index contributed by atoms with van der Waals surface area (Å²) in [4.78, 5) is 24.0. The number of guanidine groups is 1. The number of rotatable bonds is 4. The number of aryl methyl sites for hydroxylation is 1. The SMILES string of the molecule is CCOC(=O)N1CCN(C(=NC)NCc2ccc(-n3ccnc3C)c(F)c2)CC1.I. The number of aromatic nitrogens is 2. The Bertz CT molecular complexity index is 880. The third-order valence-electron chi connectivity index (χ3n) is 4.87. The molecule has 0 spiro atoms. The Kier molecular flexibility index (Phi) is 8.88. The highest BCUT2D eigenvalue weighted by Crippen LogP contribution is 2.17. The summed E-state index contributed by atoms with van der Waals surface area (Å²) in [7, 11) is 1.71. The first-order valence-corrected chi connectivity index (χ1v) is 9.69. The van der Waals surface area contributed by atoms with Crippen LogP contribution in [0.2, 0.25) is 0 Å². The minimum atomic E-state index is -0.302. The van der Waals surface area contributed by atoms with Crippen LogP contribution < -0.4 is 5.32 Å². The van der Waals surface area contributed by atoms with Gasteiger partial charge in [-0.3, -0.25) is 4.99 Å². The molecule has 1 aromatic carbocycles. The average molecular weight is 530 g/mol. The van der Waals surface area contributed by atoms with E-state index in [9.17, 15) is 9.18 Å². The number of piperazine rings is 1. The second kappa shape index (κ2) is 11.1. The van der Waals surface area contributed by atoms with Gasteiger partial charge >= 0.3 is 6.09 Å². The minimum Gasteiger partial charge on any atom is -0.450 e. The van der Waals surface area contributed by atoms with Crippen molar-refractivity contribution in [2.45, 2.75) is 20.4 Å². The summed E-state index contributed by atoms with van der Waals surface area (Å²) in [5.74, 6) is 1.16. The first kappa shape index (κ1) is 23.9. The third kappa shape index (κ3) is 5.61. The van der Waals surface area contributed by atoms with Gasteiger partial charge in [0.1, 0.15) is 11.6 Å². The van der Waals surface area contributed by atoms with Crippen molar-refractivity contribution >= 4 is 36.0 Å². The minimum absolute atomic E-state index is 0. The Morgan fingerprint density at radius 3 is 2.53 bits per heavy atom. The molecule has 1 aliphatic rings. The van der Waals surface area contributed by atoms with Crippen LogP contribution in [0, 0.1) is 12.7 Å². The van der Waals surface area contributed by atoms with Crippen molar-refractivity contribution < 1.29 is 13.9 Å². The van der Waals surface area contributed by atoms with Crippen molar-refractivity contribution in [1.29, 1.82) is 0 Å². The molecule has 0 aliphatic carbocycles. The van der Waals surface area contributed by atoms with E-state index < -0.39 is 0 Å². The van der Waals surface area contributed by atoms with Gasteiger partial charge in [0.25, 0.3) is 0 Å². The Morgan fingerprint density at radius 1 is 1.27 bits per heavy atom. The summed E-state index contributed by atoms with van der Waals surface area (Å²) in [5.41, 5.74) is 1.29.